The van der Waals surface area contributed by atoms with Crippen molar-refractivity contribution in [3.05, 3.63) is 33.3 Å². The minimum absolute atomic E-state index is 0.516. The van der Waals surface area contributed by atoms with E-state index in [0.29, 0.717) is 17.5 Å². The van der Waals surface area contributed by atoms with Crippen molar-refractivity contribution in [3.8, 4) is 0 Å². The van der Waals surface area contributed by atoms with Crippen molar-refractivity contribution in [2.75, 3.05) is 26.8 Å². The number of benzene rings is 1. The number of hydrogen-bond donors (Lipinski definition) is 1. The standard InChI is InChI=1S/C15H21BrClNO2/c1-18(12-5-8-20-9-6-12)7-4-15(19)13-3-2-11(16)10-14(13)17/h2-3,10,12,15,19H,4-9H2,1H3. The molecule has 1 aromatic rings. The van der Waals surface area contributed by atoms with E-state index >= 15 is 0 Å². The Hall–Kier alpha value is -0.130. The van der Waals surface area contributed by atoms with E-state index in [4.69, 9.17) is 16.3 Å². The Morgan fingerprint density at radius 3 is 2.80 bits per heavy atom. The maximum absolute atomic E-state index is 10.3. The van der Waals surface area contributed by atoms with Crippen LogP contribution in [0.4, 0.5) is 0 Å². The Bertz CT molecular complexity index is 438. The smallest absolute Gasteiger partial charge is 0.0816 e. The SMILES string of the molecule is CN(CCC(O)c1ccc(Br)cc1Cl)C1CCOCC1. The van der Waals surface area contributed by atoms with Crippen molar-refractivity contribution in [1.82, 2.24) is 4.90 Å². The van der Waals surface area contributed by atoms with Crippen LogP contribution in [0.2, 0.25) is 5.02 Å². The van der Waals surface area contributed by atoms with Gasteiger partial charge >= 0.3 is 0 Å². The fourth-order valence-electron chi connectivity index (χ4n) is 2.56. The van der Waals surface area contributed by atoms with E-state index in [2.05, 4.69) is 27.9 Å². The first-order valence-corrected chi connectivity index (χ1v) is 8.16. The molecule has 2 rings (SSSR count). The number of nitrogens with zero attached hydrogens (tertiary/aromatic N) is 1. The Labute approximate surface area is 134 Å². The molecule has 1 N–H and O–H groups in total. The molecule has 1 saturated heterocycles. The minimum atomic E-state index is -0.516. The van der Waals surface area contributed by atoms with Gasteiger partial charge in [-0.25, -0.2) is 0 Å². The van der Waals surface area contributed by atoms with Crippen LogP contribution in [0.1, 0.15) is 30.9 Å². The number of hydrogen-bond acceptors (Lipinski definition) is 3. The molecule has 20 heavy (non-hydrogen) atoms. The molecular formula is C15H21BrClNO2. The van der Waals surface area contributed by atoms with Crippen LogP contribution in [0.5, 0.6) is 0 Å². The van der Waals surface area contributed by atoms with E-state index in [1.807, 2.05) is 18.2 Å². The second-order valence-electron chi connectivity index (χ2n) is 5.29. The molecule has 1 fully saturated rings. The molecule has 112 valence electrons. The quantitative estimate of drug-likeness (QED) is 0.868. The molecule has 0 aliphatic carbocycles. The van der Waals surface area contributed by atoms with Crippen LogP contribution in [-0.2, 0) is 4.74 Å². The Kier molecular flexibility index (Phi) is 6.30. The van der Waals surface area contributed by atoms with Crippen LogP contribution in [-0.4, -0.2) is 42.9 Å². The summed E-state index contributed by atoms with van der Waals surface area (Å²) in [4.78, 5) is 2.32. The first-order valence-electron chi connectivity index (χ1n) is 6.99. The zero-order valence-electron chi connectivity index (χ0n) is 11.7. The lowest BCUT2D eigenvalue weighted by Gasteiger charge is -2.31. The van der Waals surface area contributed by atoms with Gasteiger partial charge in [-0.3, -0.25) is 0 Å². The maximum atomic E-state index is 10.3. The van der Waals surface area contributed by atoms with E-state index in [1.54, 1.807) is 0 Å². The van der Waals surface area contributed by atoms with Crippen LogP contribution in [0.3, 0.4) is 0 Å². The highest BCUT2D eigenvalue weighted by atomic mass is 79.9. The van der Waals surface area contributed by atoms with Crippen molar-refractivity contribution in [1.29, 1.82) is 0 Å². The lowest BCUT2D eigenvalue weighted by molar-refractivity contribution is 0.0377. The summed E-state index contributed by atoms with van der Waals surface area (Å²) < 4.78 is 6.30. The van der Waals surface area contributed by atoms with Gasteiger partial charge in [-0.2, -0.15) is 0 Å². The summed E-state index contributed by atoms with van der Waals surface area (Å²) in [5, 5.41) is 10.9. The normalized spacial score (nSPS) is 18.4. The summed E-state index contributed by atoms with van der Waals surface area (Å²) >= 11 is 9.54. The minimum Gasteiger partial charge on any atom is -0.388 e. The third-order valence-electron chi connectivity index (χ3n) is 3.89. The van der Waals surface area contributed by atoms with E-state index in [0.717, 1.165) is 42.6 Å². The molecule has 0 saturated carbocycles. The predicted molar refractivity (Wildman–Crippen MR) is 85.2 cm³/mol. The molecule has 1 atom stereocenters. The topological polar surface area (TPSA) is 32.7 Å². The number of halogens is 2. The Morgan fingerprint density at radius 1 is 1.45 bits per heavy atom. The van der Waals surface area contributed by atoms with Crippen LogP contribution >= 0.6 is 27.5 Å². The largest absolute Gasteiger partial charge is 0.388 e. The van der Waals surface area contributed by atoms with Crippen LogP contribution in [0, 0.1) is 0 Å². The summed E-state index contributed by atoms with van der Waals surface area (Å²) in [6, 6.07) is 6.18. The van der Waals surface area contributed by atoms with E-state index in [9.17, 15) is 5.11 Å². The van der Waals surface area contributed by atoms with E-state index in [-0.39, 0.29) is 0 Å². The van der Waals surface area contributed by atoms with Gasteiger partial charge in [0.25, 0.3) is 0 Å². The van der Waals surface area contributed by atoms with Gasteiger partial charge in [0.15, 0.2) is 0 Å². The fourth-order valence-corrected chi connectivity index (χ4v) is 3.36. The number of ether oxygens (including phenoxy) is 1. The second kappa shape index (κ2) is 7.76. The number of rotatable bonds is 5. The molecule has 5 heteroatoms. The summed E-state index contributed by atoms with van der Waals surface area (Å²) in [6.07, 6.45) is 2.32. The van der Waals surface area contributed by atoms with Gasteiger partial charge in [0, 0.05) is 35.3 Å². The van der Waals surface area contributed by atoms with Gasteiger partial charge in [0.1, 0.15) is 0 Å². The third kappa shape index (κ3) is 4.43. The molecule has 0 spiro atoms. The predicted octanol–water partition coefficient (Wildman–Crippen LogP) is 3.64. The van der Waals surface area contributed by atoms with Crippen molar-refractivity contribution in [2.45, 2.75) is 31.4 Å². The van der Waals surface area contributed by atoms with Crippen molar-refractivity contribution in [2.24, 2.45) is 0 Å². The van der Waals surface area contributed by atoms with Gasteiger partial charge < -0.3 is 14.7 Å². The van der Waals surface area contributed by atoms with E-state index in [1.165, 1.54) is 0 Å². The van der Waals surface area contributed by atoms with Crippen molar-refractivity contribution in [3.63, 3.8) is 0 Å². The molecule has 1 aliphatic heterocycles. The van der Waals surface area contributed by atoms with Gasteiger partial charge in [0.2, 0.25) is 0 Å². The zero-order chi connectivity index (χ0) is 14.5. The molecule has 1 unspecified atom stereocenters. The summed E-state index contributed by atoms with van der Waals surface area (Å²) in [5.41, 5.74) is 0.801. The molecule has 1 aromatic carbocycles. The Morgan fingerprint density at radius 2 is 2.15 bits per heavy atom. The van der Waals surface area contributed by atoms with Crippen LogP contribution in [0.15, 0.2) is 22.7 Å². The summed E-state index contributed by atoms with van der Waals surface area (Å²) in [7, 11) is 2.12. The van der Waals surface area contributed by atoms with Gasteiger partial charge in [-0.1, -0.05) is 33.6 Å². The first kappa shape index (κ1) is 16.2. The molecule has 0 amide bonds. The van der Waals surface area contributed by atoms with Crippen molar-refractivity contribution >= 4 is 27.5 Å². The summed E-state index contributed by atoms with van der Waals surface area (Å²) in [5.74, 6) is 0. The van der Waals surface area contributed by atoms with Gasteiger partial charge in [-0.05, 0) is 44.0 Å². The molecule has 1 aliphatic rings. The highest BCUT2D eigenvalue weighted by molar-refractivity contribution is 9.10. The lowest BCUT2D eigenvalue weighted by Crippen LogP contribution is -2.37. The molecule has 0 aromatic heterocycles. The molecule has 0 radical (unpaired) electrons. The first-order chi connectivity index (χ1) is 9.58. The molecule has 3 nitrogen and oxygen atoms in total. The Balaban J connectivity index is 1.86. The molecule has 1 heterocycles. The third-order valence-corrected chi connectivity index (χ3v) is 4.71. The monoisotopic (exact) mass is 361 g/mol. The second-order valence-corrected chi connectivity index (χ2v) is 6.62. The average Bonchev–Trinajstić information content (AvgIpc) is 2.45. The zero-order valence-corrected chi connectivity index (χ0v) is 14.0. The van der Waals surface area contributed by atoms with Gasteiger partial charge in [-0.15, -0.1) is 0 Å². The number of aliphatic hydroxyl groups is 1. The number of aliphatic hydroxyl groups excluding tert-OH is 1. The lowest BCUT2D eigenvalue weighted by atomic mass is 10.0. The van der Waals surface area contributed by atoms with E-state index < -0.39 is 6.10 Å². The maximum Gasteiger partial charge on any atom is 0.0816 e. The van der Waals surface area contributed by atoms with Crippen LogP contribution in [0.25, 0.3) is 0 Å². The highest BCUT2D eigenvalue weighted by Gasteiger charge is 2.20. The van der Waals surface area contributed by atoms with Crippen molar-refractivity contribution < 1.29 is 9.84 Å². The molecular weight excluding hydrogens is 342 g/mol. The van der Waals surface area contributed by atoms with Gasteiger partial charge in [0.05, 0.1) is 6.10 Å². The average molecular weight is 363 g/mol. The highest BCUT2D eigenvalue weighted by Crippen LogP contribution is 2.28. The summed E-state index contributed by atoms with van der Waals surface area (Å²) in [6.45, 7) is 2.55. The fraction of sp³-hybridized carbons (Fsp3) is 0.600. The van der Waals surface area contributed by atoms with Crippen LogP contribution < -0.4 is 0 Å². The molecule has 0 bridgehead atoms.